The van der Waals surface area contributed by atoms with Gasteiger partial charge in [0.05, 0.1) is 11.6 Å². The fourth-order valence-corrected chi connectivity index (χ4v) is 1.54. The van der Waals surface area contributed by atoms with Crippen molar-refractivity contribution in [3.63, 3.8) is 0 Å². The first kappa shape index (κ1) is 11.8. The van der Waals surface area contributed by atoms with E-state index in [1.807, 2.05) is 13.0 Å². The molecule has 0 aliphatic rings. The first-order chi connectivity index (χ1) is 8.19. The maximum absolute atomic E-state index is 8.85. The van der Waals surface area contributed by atoms with Crippen molar-refractivity contribution in [1.29, 1.82) is 0 Å². The molecule has 0 aliphatic heterocycles. The molecule has 0 amide bonds. The SMILES string of the molecule is Cc1ccc(Oc2ncc(CO)cn2)c(Cl)c1. The minimum Gasteiger partial charge on any atom is -0.423 e. The number of ether oxygens (including phenoxy) is 1. The van der Waals surface area contributed by atoms with Gasteiger partial charge < -0.3 is 9.84 Å². The summed E-state index contributed by atoms with van der Waals surface area (Å²) in [6, 6.07) is 5.66. The molecular weight excluding hydrogens is 240 g/mol. The van der Waals surface area contributed by atoms with E-state index in [4.69, 9.17) is 21.4 Å². The molecule has 1 aromatic heterocycles. The molecule has 0 bridgehead atoms. The fourth-order valence-electron chi connectivity index (χ4n) is 1.26. The molecule has 88 valence electrons. The summed E-state index contributed by atoms with van der Waals surface area (Å²) < 4.78 is 5.43. The standard InChI is InChI=1S/C12H11ClN2O2/c1-8-2-3-11(10(13)4-8)17-12-14-5-9(7-16)6-15-12/h2-6,16H,7H2,1H3. The van der Waals surface area contributed by atoms with E-state index < -0.39 is 0 Å². The van der Waals surface area contributed by atoms with Gasteiger partial charge in [0.25, 0.3) is 0 Å². The summed E-state index contributed by atoms with van der Waals surface area (Å²) in [7, 11) is 0. The van der Waals surface area contributed by atoms with Crippen LogP contribution < -0.4 is 4.74 Å². The van der Waals surface area contributed by atoms with Gasteiger partial charge in [-0.2, -0.15) is 0 Å². The molecule has 0 radical (unpaired) electrons. The van der Waals surface area contributed by atoms with Crippen molar-refractivity contribution < 1.29 is 9.84 Å². The molecule has 5 heteroatoms. The number of halogens is 1. The predicted molar refractivity (Wildman–Crippen MR) is 64.2 cm³/mol. The molecule has 4 nitrogen and oxygen atoms in total. The summed E-state index contributed by atoms with van der Waals surface area (Å²) in [5.41, 5.74) is 1.69. The predicted octanol–water partition coefficient (Wildman–Crippen LogP) is 2.72. The van der Waals surface area contributed by atoms with Gasteiger partial charge in [-0.15, -0.1) is 0 Å². The average Bonchev–Trinajstić information content (AvgIpc) is 2.34. The van der Waals surface area contributed by atoms with Crippen LogP contribution in [0.3, 0.4) is 0 Å². The summed E-state index contributed by atoms with van der Waals surface area (Å²) in [4.78, 5) is 7.91. The highest BCUT2D eigenvalue weighted by atomic mass is 35.5. The van der Waals surface area contributed by atoms with Crippen LogP contribution in [0.15, 0.2) is 30.6 Å². The fraction of sp³-hybridized carbons (Fsp3) is 0.167. The number of nitrogens with zero attached hydrogens (tertiary/aromatic N) is 2. The van der Waals surface area contributed by atoms with Gasteiger partial charge in [-0.3, -0.25) is 0 Å². The quantitative estimate of drug-likeness (QED) is 0.910. The van der Waals surface area contributed by atoms with Crippen molar-refractivity contribution in [1.82, 2.24) is 9.97 Å². The van der Waals surface area contributed by atoms with Crippen LogP contribution in [0.25, 0.3) is 0 Å². The minimum atomic E-state index is -0.0917. The van der Waals surface area contributed by atoms with Crippen LogP contribution in [0, 0.1) is 6.92 Å². The van der Waals surface area contributed by atoms with Crippen LogP contribution in [0.2, 0.25) is 5.02 Å². The zero-order valence-electron chi connectivity index (χ0n) is 9.22. The molecule has 1 heterocycles. The van der Waals surface area contributed by atoms with Crippen LogP contribution in [-0.4, -0.2) is 15.1 Å². The number of rotatable bonds is 3. The Morgan fingerprint density at radius 2 is 2.00 bits per heavy atom. The highest BCUT2D eigenvalue weighted by Crippen LogP contribution is 2.28. The summed E-state index contributed by atoms with van der Waals surface area (Å²) in [6.45, 7) is 1.85. The summed E-state index contributed by atoms with van der Waals surface area (Å²) in [6.07, 6.45) is 3.01. The first-order valence-electron chi connectivity index (χ1n) is 5.05. The molecule has 1 aromatic carbocycles. The van der Waals surface area contributed by atoms with Gasteiger partial charge in [-0.05, 0) is 24.6 Å². The highest BCUT2D eigenvalue weighted by molar-refractivity contribution is 6.32. The minimum absolute atomic E-state index is 0.0917. The van der Waals surface area contributed by atoms with Gasteiger partial charge in [0.1, 0.15) is 5.75 Å². The van der Waals surface area contributed by atoms with Crippen LogP contribution in [0.4, 0.5) is 0 Å². The number of benzene rings is 1. The van der Waals surface area contributed by atoms with Gasteiger partial charge >= 0.3 is 6.01 Å². The lowest BCUT2D eigenvalue weighted by atomic mass is 10.2. The Hall–Kier alpha value is -1.65. The van der Waals surface area contributed by atoms with Gasteiger partial charge in [-0.1, -0.05) is 17.7 Å². The van der Waals surface area contributed by atoms with Gasteiger partial charge in [0.15, 0.2) is 0 Å². The van der Waals surface area contributed by atoms with Gasteiger partial charge in [-0.25, -0.2) is 9.97 Å². The average molecular weight is 251 g/mol. The van der Waals surface area contributed by atoms with E-state index in [1.165, 1.54) is 12.4 Å². The molecule has 17 heavy (non-hydrogen) atoms. The number of aliphatic hydroxyl groups excluding tert-OH is 1. The van der Waals surface area contributed by atoms with Crippen molar-refractivity contribution >= 4 is 11.6 Å². The summed E-state index contributed by atoms with van der Waals surface area (Å²) in [5, 5.41) is 9.36. The molecule has 0 saturated carbocycles. The largest absolute Gasteiger partial charge is 0.423 e. The number of hydrogen-bond donors (Lipinski definition) is 1. The van der Waals surface area contributed by atoms with Crippen molar-refractivity contribution in [2.75, 3.05) is 0 Å². The second kappa shape index (κ2) is 5.12. The third-order valence-corrected chi connectivity index (χ3v) is 2.45. The van der Waals surface area contributed by atoms with Crippen LogP contribution in [0.1, 0.15) is 11.1 Å². The van der Waals surface area contributed by atoms with Crippen LogP contribution >= 0.6 is 11.6 Å². The monoisotopic (exact) mass is 250 g/mol. The molecule has 0 aliphatic carbocycles. The van der Waals surface area contributed by atoms with Crippen molar-refractivity contribution in [2.24, 2.45) is 0 Å². The molecular formula is C12H11ClN2O2. The lowest BCUT2D eigenvalue weighted by Gasteiger charge is -2.06. The molecule has 2 rings (SSSR count). The Morgan fingerprint density at radius 1 is 1.29 bits per heavy atom. The normalized spacial score (nSPS) is 10.3. The molecule has 1 N–H and O–H groups in total. The molecule has 0 spiro atoms. The smallest absolute Gasteiger partial charge is 0.321 e. The lowest BCUT2D eigenvalue weighted by molar-refractivity contribution is 0.280. The Balaban J connectivity index is 2.19. The van der Waals surface area contributed by atoms with Gasteiger partial charge in [0, 0.05) is 18.0 Å². The van der Waals surface area contributed by atoms with E-state index in [-0.39, 0.29) is 12.6 Å². The van der Waals surface area contributed by atoms with E-state index in [0.717, 1.165) is 5.56 Å². The lowest BCUT2D eigenvalue weighted by Crippen LogP contribution is -1.94. The second-order valence-corrected chi connectivity index (χ2v) is 3.98. The molecule has 0 saturated heterocycles. The topological polar surface area (TPSA) is 55.2 Å². The zero-order valence-corrected chi connectivity index (χ0v) is 9.98. The number of aryl methyl sites for hydroxylation is 1. The van der Waals surface area contributed by atoms with E-state index in [2.05, 4.69) is 9.97 Å². The Kier molecular flexibility index (Phi) is 3.56. The Morgan fingerprint density at radius 3 is 2.59 bits per heavy atom. The van der Waals surface area contributed by atoms with Gasteiger partial charge in [0.2, 0.25) is 0 Å². The summed E-state index contributed by atoms with van der Waals surface area (Å²) >= 11 is 6.02. The maximum atomic E-state index is 8.85. The molecule has 0 unspecified atom stereocenters. The van der Waals surface area contributed by atoms with Crippen molar-refractivity contribution in [2.45, 2.75) is 13.5 Å². The Labute approximate surface area is 104 Å². The maximum Gasteiger partial charge on any atom is 0.321 e. The van der Waals surface area contributed by atoms with E-state index in [0.29, 0.717) is 16.3 Å². The molecule has 2 aromatic rings. The first-order valence-corrected chi connectivity index (χ1v) is 5.42. The third-order valence-electron chi connectivity index (χ3n) is 2.15. The summed E-state index contributed by atoms with van der Waals surface area (Å²) in [5.74, 6) is 0.508. The van der Waals surface area contributed by atoms with Crippen LogP contribution in [0.5, 0.6) is 11.8 Å². The van der Waals surface area contributed by atoms with E-state index >= 15 is 0 Å². The van der Waals surface area contributed by atoms with E-state index in [9.17, 15) is 0 Å². The number of aliphatic hydroxyl groups is 1. The highest BCUT2D eigenvalue weighted by Gasteiger charge is 2.05. The second-order valence-electron chi connectivity index (χ2n) is 3.57. The Bertz CT molecular complexity index is 514. The van der Waals surface area contributed by atoms with E-state index in [1.54, 1.807) is 12.1 Å². The number of hydrogen-bond acceptors (Lipinski definition) is 4. The van der Waals surface area contributed by atoms with Crippen molar-refractivity contribution in [3.05, 3.63) is 46.7 Å². The van der Waals surface area contributed by atoms with Crippen LogP contribution in [-0.2, 0) is 6.61 Å². The third kappa shape index (κ3) is 2.93. The molecule has 0 atom stereocenters. The molecule has 0 fully saturated rings. The number of aromatic nitrogens is 2. The zero-order chi connectivity index (χ0) is 12.3. The van der Waals surface area contributed by atoms with Crippen molar-refractivity contribution in [3.8, 4) is 11.8 Å².